The molecule has 0 amide bonds. The summed E-state index contributed by atoms with van der Waals surface area (Å²) in [4.78, 5) is 2.56. The van der Waals surface area contributed by atoms with Crippen LogP contribution in [0.5, 0.6) is 0 Å². The van der Waals surface area contributed by atoms with Gasteiger partial charge in [-0.1, -0.05) is 237 Å². The van der Waals surface area contributed by atoms with E-state index in [0.717, 1.165) is 50.1 Å². The second-order valence-corrected chi connectivity index (χ2v) is 22.1. The van der Waals surface area contributed by atoms with Gasteiger partial charge in [0.15, 0.2) is 0 Å². The molecule has 3 heterocycles. The molecule has 81 heavy (non-hydrogen) atoms. The van der Waals surface area contributed by atoms with E-state index in [1.54, 1.807) is 0 Å². The van der Waals surface area contributed by atoms with E-state index in [1.807, 2.05) is 6.07 Å². The molecule has 376 valence electrons. The van der Waals surface area contributed by atoms with Gasteiger partial charge in [-0.15, -0.1) is 0 Å². The first kappa shape index (κ1) is 44.5. The average Bonchev–Trinajstić information content (AvgIpc) is 2.15. The smallest absolute Gasteiger partial charge is 0.136 e. The van der Waals surface area contributed by atoms with Gasteiger partial charge < -0.3 is 13.9 Å². The minimum atomic E-state index is -0.637. The van der Waals surface area contributed by atoms with Crippen LogP contribution in [0.25, 0.3) is 93.6 Å². The number of furan rings is 1. The van der Waals surface area contributed by atoms with Crippen LogP contribution in [0.4, 0.5) is 17.1 Å². The van der Waals surface area contributed by atoms with E-state index >= 15 is 0 Å². The Morgan fingerprint density at radius 3 is 1.67 bits per heavy atom. The maximum Gasteiger partial charge on any atom is 0.136 e. The highest BCUT2D eigenvalue weighted by molar-refractivity contribution is 6.15. The lowest BCUT2D eigenvalue weighted by molar-refractivity contribution is 0.669. The summed E-state index contributed by atoms with van der Waals surface area (Å²) in [5.41, 5.74) is 25.0. The number of hydrogen-bond acceptors (Lipinski definition) is 2. The summed E-state index contributed by atoms with van der Waals surface area (Å²) >= 11 is 0. The van der Waals surface area contributed by atoms with E-state index < -0.39 is 10.8 Å². The number of aromatic nitrogens is 1. The van der Waals surface area contributed by atoms with Crippen molar-refractivity contribution in [3.05, 3.63) is 336 Å². The van der Waals surface area contributed by atoms with Crippen molar-refractivity contribution < 1.29 is 4.42 Å². The monoisotopic (exact) mass is 1030 g/mol. The molecule has 0 radical (unpaired) electrons. The van der Waals surface area contributed by atoms with Gasteiger partial charge in [0.25, 0.3) is 0 Å². The summed E-state index contributed by atoms with van der Waals surface area (Å²) < 4.78 is 8.98. The van der Waals surface area contributed by atoms with Gasteiger partial charge in [0.05, 0.1) is 33.2 Å². The van der Waals surface area contributed by atoms with E-state index in [0.29, 0.717) is 0 Å². The average molecular weight is 1030 g/mol. The van der Waals surface area contributed by atoms with Crippen molar-refractivity contribution >= 4 is 71.6 Å². The molecule has 3 heteroatoms. The number of fused-ring (bicyclic) bond motifs is 20. The van der Waals surface area contributed by atoms with Gasteiger partial charge in [-0.3, -0.25) is 0 Å². The van der Waals surface area contributed by atoms with Crippen molar-refractivity contribution in [2.24, 2.45) is 0 Å². The highest BCUT2D eigenvalue weighted by Crippen LogP contribution is 2.63. The third kappa shape index (κ3) is 5.76. The molecule has 18 rings (SSSR count). The second-order valence-electron chi connectivity index (χ2n) is 22.1. The Morgan fingerprint density at radius 2 is 0.877 bits per heavy atom. The maximum atomic E-state index is 6.45. The predicted octanol–water partition coefficient (Wildman–Crippen LogP) is 20.0. The number of anilines is 3. The molecule has 3 aliphatic rings. The Hall–Kier alpha value is -10.5. The van der Waals surface area contributed by atoms with Crippen molar-refractivity contribution in [1.29, 1.82) is 0 Å². The van der Waals surface area contributed by atoms with E-state index in [4.69, 9.17) is 4.42 Å². The standard InChI is InChI=1S/C78H48N2O/c1-3-21-50(22-4-1)77(51-23-5-2-6-24-51)64-34-14-10-29-61(64)74-59-28-8-7-26-57(59)71(48-68(74)77)79(52-43-41-49(42-44-52)54-31-20-40-73-75(54)62-30-12-18-39-72(62)81-73)53-45-46-56-55-25-9-13-33-63(55)78(67(56)47-53)65-35-15-17-38-70(65)80-69-37-16-11-27-58(69)60-32-19-36-66(78)76(60)80/h1-48H. The third-order valence-electron chi connectivity index (χ3n) is 18.5. The van der Waals surface area contributed by atoms with Crippen LogP contribution in [-0.4, -0.2) is 4.57 Å². The molecular weight excluding hydrogens is 981 g/mol. The number of para-hydroxylation sites is 4. The molecule has 0 N–H and O–H groups in total. The van der Waals surface area contributed by atoms with E-state index in [2.05, 4.69) is 295 Å². The van der Waals surface area contributed by atoms with Crippen LogP contribution in [-0.2, 0) is 10.8 Å². The SMILES string of the molecule is c1ccc(C2(c3ccccc3)c3ccccc3-c3c2cc(N(c2ccc(-c4cccc5oc6ccccc6c45)cc2)c2ccc4c(c2)C2(c5ccccc5-4)c4ccccc4-n4c5ccccc5c5cccc2c54)c2ccccc32)cc1. The summed E-state index contributed by atoms with van der Waals surface area (Å²) in [6, 6.07) is 109. The third-order valence-corrected chi connectivity index (χ3v) is 18.5. The molecule has 1 aliphatic heterocycles. The van der Waals surface area contributed by atoms with Crippen LogP contribution in [0.1, 0.15) is 44.5 Å². The van der Waals surface area contributed by atoms with Crippen molar-refractivity contribution in [2.45, 2.75) is 10.8 Å². The van der Waals surface area contributed by atoms with Crippen LogP contribution < -0.4 is 4.90 Å². The fourth-order valence-electron chi connectivity index (χ4n) is 15.4. The van der Waals surface area contributed by atoms with Crippen molar-refractivity contribution in [2.75, 3.05) is 4.90 Å². The van der Waals surface area contributed by atoms with Crippen molar-refractivity contribution in [3.63, 3.8) is 0 Å². The molecule has 0 saturated carbocycles. The lowest BCUT2D eigenvalue weighted by Crippen LogP contribution is -2.33. The number of rotatable bonds is 6. The van der Waals surface area contributed by atoms with Crippen molar-refractivity contribution in [1.82, 2.24) is 4.57 Å². The normalized spacial score (nSPS) is 15.1. The first-order valence-electron chi connectivity index (χ1n) is 28.2. The summed E-state index contributed by atoms with van der Waals surface area (Å²) in [6.45, 7) is 0. The van der Waals surface area contributed by atoms with Crippen LogP contribution in [0, 0.1) is 0 Å². The molecule has 2 aromatic heterocycles. The van der Waals surface area contributed by atoms with Crippen LogP contribution >= 0.6 is 0 Å². The first-order chi connectivity index (χ1) is 40.2. The van der Waals surface area contributed by atoms with Crippen LogP contribution in [0.3, 0.4) is 0 Å². The molecule has 13 aromatic carbocycles. The summed E-state index contributed by atoms with van der Waals surface area (Å²) in [5, 5.41) is 7.18. The highest BCUT2D eigenvalue weighted by Gasteiger charge is 2.52. The molecule has 0 bridgehead atoms. The predicted molar refractivity (Wildman–Crippen MR) is 334 cm³/mol. The number of nitrogens with zero attached hydrogens (tertiary/aromatic N) is 2. The topological polar surface area (TPSA) is 21.3 Å². The fraction of sp³-hybridized carbons (Fsp3) is 0.0256. The lowest BCUT2D eigenvalue weighted by atomic mass is 9.65. The molecule has 1 atom stereocenters. The Bertz CT molecular complexity index is 5080. The number of benzene rings is 13. The Labute approximate surface area is 468 Å². The summed E-state index contributed by atoms with van der Waals surface area (Å²) in [5.74, 6) is 0. The van der Waals surface area contributed by atoms with Gasteiger partial charge in [0.1, 0.15) is 11.2 Å². The van der Waals surface area contributed by atoms with Gasteiger partial charge in [-0.05, 0) is 138 Å². The molecule has 0 fully saturated rings. The molecular formula is C78H48N2O. The van der Waals surface area contributed by atoms with E-state index in [9.17, 15) is 0 Å². The molecule has 2 aliphatic carbocycles. The molecule has 3 nitrogen and oxygen atoms in total. The van der Waals surface area contributed by atoms with Crippen LogP contribution in [0.2, 0.25) is 0 Å². The largest absolute Gasteiger partial charge is 0.456 e. The van der Waals surface area contributed by atoms with Gasteiger partial charge in [-0.25, -0.2) is 0 Å². The Balaban J connectivity index is 0.945. The van der Waals surface area contributed by atoms with E-state index in [-0.39, 0.29) is 0 Å². The van der Waals surface area contributed by atoms with Crippen molar-refractivity contribution in [3.8, 4) is 39.1 Å². The quantitative estimate of drug-likeness (QED) is 0.166. The zero-order valence-electron chi connectivity index (χ0n) is 44.0. The Morgan fingerprint density at radius 1 is 0.321 bits per heavy atom. The first-order valence-corrected chi connectivity index (χ1v) is 28.2. The minimum Gasteiger partial charge on any atom is -0.456 e. The summed E-state index contributed by atoms with van der Waals surface area (Å²) in [6.07, 6.45) is 0. The van der Waals surface area contributed by atoms with Gasteiger partial charge in [-0.2, -0.15) is 0 Å². The molecule has 15 aromatic rings. The fourth-order valence-corrected chi connectivity index (χ4v) is 15.4. The van der Waals surface area contributed by atoms with Gasteiger partial charge in [0, 0.05) is 38.3 Å². The minimum absolute atomic E-state index is 0.624. The lowest BCUT2D eigenvalue weighted by Gasteiger charge is -2.40. The molecule has 0 saturated heterocycles. The van der Waals surface area contributed by atoms with Gasteiger partial charge in [0.2, 0.25) is 0 Å². The van der Waals surface area contributed by atoms with Crippen LogP contribution in [0.15, 0.2) is 296 Å². The molecule has 1 spiro atoms. The maximum absolute atomic E-state index is 6.45. The Kier molecular flexibility index (Phi) is 9.08. The van der Waals surface area contributed by atoms with E-state index in [1.165, 1.54) is 105 Å². The zero-order chi connectivity index (χ0) is 53.0. The zero-order valence-corrected chi connectivity index (χ0v) is 44.0. The second kappa shape index (κ2) is 16.5. The number of hydrogen-bond donors (Lipinski definition) is 0. The van der Waals surface area contributed by atoms with Gasteiger partial charge >= 0.3 is 0 Å². The molecule has 1 unspecified atom stereocenters. The highest BCUT2D eigenvalue weighted by atomic mass is 16.3. The summed E-state index contributed by atoms with van der Waals surface area (Å²) in [7, 11) is 0.